The fourth-order valence-electron chi connectivity index (χ4n) is 3.55. The molecule has 1 aliphatic carbocycles. The lowest BCUT2D eigenvalue weighted by Gasteiger charge is -2.23. The normalized spacial score (nSPS) is 21.3. The molecular weight excluding hydrogens is 350 g/mol. The molecule has 4 rings (SSSR count). The van der Waals surface area contributed by atoms with Gasteiger partial charge in [0.05, 0.1) is 16.6 Å². The molecule has 140 valence electrons. The summed E-state index contributed by atoms with van der Waals surface area (Å²) in [6, 6.07) is 8.04. The van der Waals surface area contributed by atoms with Crippen LogP contribution in [0, 0.1) is 5.92 Å². The Morgan fingerprint density at radius 1 is 1.15 bits per heavy atom. The van der Waals surface area contributed by atoms with Gasteiger partial charge in [-0.3, -0.25) is 14.6 Å². The van der Waals surface area contributed by atoms with Crippen molar-refractivity contribution in [2.45, 2.75) is 44.1 Å². The Morgan fingerprint density at radius 3 is 2.81 bits per heavy atom. The van der Waals surface area contributed by atoms with Crippen molar-refractivity contribution in [3.63, 3.8) is 0 Å². The number of hydrogen-bond acceptors (Lipinski definition) is 5. The monoisotopic (exact) mass is 375 g/mol. The van der Waals surface area contributed by atoms with Crippen LogP contribution in [0.5, 0.6) is 0 Å². The molecule has 2 aromatic heterocycles. The van der Waals surface area contributed by atoms with Crippen LogP contribution in [0.1, 0.15) is 30.7 Å². The lowest BCUT2D eigenvalue weighted by Crippen LogP contribution is -2.33. The van der Waals surface area contributed by atoms with E-state index in [1.54, 1.807) is 0 Å². The van der Waals surface area contributed by atoms with Crippen molar-refractivity contribution in [1.82, 2.24) is 24.4 Å². The molecule has 1 saturated carbocycles. The zero-order chi connectivity index (χ0) is 18.0. The summed E-state index contributed by atoms with van der Waals surface area (Å²) in [6.07, 6.45) is 6.07. The van der Waals surface area contributed by atoms with Gasteiger partial charge >= 0.3 is 0 Å². The summed E-state index contributed by atoms with van der Waals surface area (Å²) < 4.78 is 28.9. The summed E-state index contributed by atoms with van der Waals surface area (Å²) in [5.41, 5.74) is 2.25. The maximum Gasteiger partial charge on any atom is 0.214 e. The van der Waals surface area contributed by atoms with Crippen molar-refractivity contribution in [2.24, 2.45) is 5.92 Å². The van der Waals surface area contributed by atoms with Gasteiger partial charge in [0, 0.05) is 45.1 Å². The minimum absolute atomic E-state index is 0.157. The van der Waals surface area contributed by atoms with Crippen LogP contribution in [-0.4, -0.2) is 46.4 Å². The lowest BCUT2D eigenvalue weighted by molar-refractivity contribution is 0.213. The van der Waals surface area contributed by atoms with Crippen LogP contribution < -0.4 is 4.72 Å². The van der Waals surface area contributed by atoms with E-state index in [0.717, 1.165) is 51.1 Å². The topological polar surface area (TPSA) is 80.1 Å². The Balaban J connectivity index is 1.40. The van der Waals surface area contributed by atoms with Crippen LogP contribution in [0.15, 0.2) is 36.7 Å². The summed E-state index contributed by atoms with van der Waals surface area (Å²) in [6.45, 7) is 3.85. The molecule has 0 saturated heterocycles. The Bertz CT molecular complexity index is 832. The van der Waals surface area contributed by atoms with E-state index in [0.29, 0.717) is 12.5 Å². The quantitative estimate of drug-likeness (QED) is 0.791. The Morgan fingerprint density at radius 2 is 2.04 bits per heavy atom. The van der Waals surface area contributed by atoms with Crippen molar-refractivity contribution >= 4 is 10.0 Å². The molecule has 8 heteroatoms. The first-order valence-electron chi connectivity index (χ1n) is 9.21. The van der Waals surface area contributed by atoms with E-state index in [9.17, 15) is 8.42 Å². The predicted molar refractivity (Wildman–Crippen MR) is 98.6 cm³/mol. The first kappa shape index (κ1) is 17.6. The molecule has 7 nitrogen and oxygen atoms in total. The molecule has 1 N–H and O–H groups in total. The molecule has 1 aliphatic heterocycles. The summed E-state index contributed by atoms with van der Waals surface area (Å²) in [5.74, 6) is 0.349. The number of nitrogens with zero attached hydrogens (tertiary/aromatic N) is 4. The second-order valence-electron chi connectivity index (χ2n) is 7.29. The highest BCUT2D eigenvalue weighted by Crippen LogP contribution is 2.27. The highest BCUT2D eigenvalue weighted by Gasteiger charge is 2.35. The van der Waals surface area contributed by atoms with Gasteiger partial charge in [0.15, 0.2) is 0 Å². The average molecular weight is 375 g/mol. The van der Waals surface area contributed by atoms with Gasteiger partial charge in [-0.2, -0.15) is 5.10 Å². The van der Waals surface area contributed by atoms with E-state index in [1.807, 2.05) is 30.6 Å². The molecule has 0 amide bonds. The SMILES string of the molecule is O=S(=O)(NCC[C@@H]1CN(Cc2ccccn2)Cc2ccnn2C1)C1CC1. The molecule has 1 atom stereocenters. The first-order chi connectivity index (χ1) is 12.6. The van der Waals surface area contributed by atoms with Gasteiger partial charge in [-0.05, 0) is 43.4 Å². The standard InChI is InChI=1S/C18H25N5O2S/c24-26(25,18-4-5-18)21-10-6-15-11-22(13-16-3-1-2-8-19-16)14-17-7-9-20-23(17)12-15/h1-3,7-9,15,18,21H,4-6,10-14H2/t15-/m1/s1. The third-order valence-corrected chi connectivity index (χ3v) is 7.02. The van der Waals surface area contributed by atoms with Crippen molar-refractivity contribution < 1.29 is 8.42 Å². The van der Waals surface area contributed by atoms with Crippen LogP contribution in [0.4, 0.5) is 0 Å². The van der Waals surface area contributed by atoms with Crippen LogP contribution in [-0.2, 0) is 29.7 Å². The number of rotatable bonds is 7. The number of pyridine rings is 1. The predicted octanol–water partition coefficient (Wildman–Crippen LogP) is 1.38. The van der Waals surface area contributed by atoms with E-state index in [2.05, 4.69) is 30.5 Å². The lowest BCUT2D eigenvalue weighted by atomic mass is 10.1. The summed E-state index contributed by atoms with van der Waals surface area (Å²) in [7, 11) is -3.10. The van der Waals surface area contributed by atoms with Crippen molar-refractivity contribution in [2.75, 3.05) is 13.1 Å². The zero-order valence-electron chi connectivity index (χ0n) is 14.8. The molecule has 0 unspecified atom stereocenters. The third kappa shape index (κ3) is 4.31. The van der Waals surface area contributed by atoms with Crippen molar-refractivity contribution in [3.8, 4) is 0 Å². The minimum Gasteiger partial charge on any atom is -0.291 e. The third-order valence-electron chi connectivity index (χ3n) is 5.07. The van der Waals surface area contributed by atoms with Gasteiger partial charge in [-0.1, -0.05) is 6.07 Å². The fraction of sp³-hybridized carbons (Fsp3) is 0.556. The van der Waals surface area contributed by atoms with E-state index in [4.69, 9.17) is 0 Å². The molecule has 0 spiro atoms. The average Bonchev–Trinajstić information content (AvgIpc) is 3.41. The molecule has 1 fully saturated rings. The van der Waals surface area contributed by atoms with Crippen LogP contribution >= 0.6 is 0 Å². The van der Waals surface area contributed by atoms with Crippen LogP contribution in [0.3, 0.4) is 0 Å². The minimum atomic E-state index is -3.10. The highest BCUT2D eigenvalue weighted by molar-refractivity contribution is 7.90. The van der Waals surface area contributed by atoms with Gasteiger partial charge < -0.3 is 0 Å². The molecule has 2 aromatic rings. The van der Waals surface area contributed by atoms with Gasteiger partial charge in [0.1, 0.15) is 0 Å². The molecular formula is C18H25N5O2S. The van der Waals surface area contributed by atoms with E-state index < -0.39 is 10.0 Å². The molecule has 0 bridgehead atoms. The van der Waals surface area contributed by atoms with Crippen LogP contribution in [0.25, 0.3) is 0 Å². The number of aromatic nitrogens is 3. The molecule has 0 aromatic carbocycles. The number of sulfonamides is 1. The highest BCUT2D eigenvalue weighted by atomic mass is 32.2. The molecule has 0 radical (unpaired) electrons. The first-order valence-corrected chi connectivity index (χ1v) is 10.8. The van der Waals surface area contributed by atoms with Crippen LogP contribution in [0.2, 0.25) is 0 Å². The molecule has 3 heterocycles. The Hall–Kier alpha value is -1.77. The Kier molecular flexibility index (Phi) is 5.06. The fourth-order valence-corrected chi connectivity index (χ4v) is 4.94. The number of hydrogen-bond donors (Lipinski definition) is 1. The van der Waals surface area contributed by atoms with Crippen molar-refractivity contribution in [1.29, 1.82) is 0 Å². The summed E-state index contributed by atoms with van der Waals surface area (Å²) in [5, 5.41) is 4.28. The molecule has 26 heavy (non-hydrogen) atoms. The summed E-state index contributed by atoms with van der Waals surface area (Å²) >= 11 is 0. The van der Waals surface area contributed by atoms with E-state index in [-0.39, 0.29) is 5.25 Å². The number of fused-ring (bicyclic) bond motifs is 1. The maximum atomic E-state index is 12.0. The van der Waals surface area contributed by atoms with Gasteiger partial charge in [0.2, 0.25) is 10.0 Å². The van der Waals surface area contributed by atoms with Gasteiger partial charge in [-0.25, -0.2) is 13.1 Å². The van der Waals surface area contributed by atoms with E-state index in [1.165, 1.54) is 5.69 Å². The molecule has 2 aliphatic rings. The largest absolute Gasteiger partial charge is 0.291 e. The summed E-state index contributed by atoms with van der Waals surface area (Å²) in [4.78, 5) is 6.82. The van der Waals surface area contributed by atoms with Gasteiger partial charge in [-0.15, -0.1) is 0 Å². The zero-order valence-corrected chi connectivity index (χ0v) is 15.6. The number of nitrogens with one attached hydrogen (secondary N) is 1. The van der Waals surface area contributed by atoms with Gasteiger partial charge in [0.25, 0.3) is 0 Å². The maximum absolute atomic E-state index is 12.0. The second-order valence-corrected chi connectivity index (χ2v) is 9.33. The smallest absolute Gasteiger partial charge is 0.214 e. The van der Waals surface area contributed by atoms with Crippen molar-refractivity contribution in [3.05, 3.63) is 48.0 Å². The van der Waals surface area contributed by atoms with E-state index >= 15 is 0 Å². The Labute approximate surface area is 154 Å². The second kappa shape index (κ2) is 7.46.